The molecule has 3 aromatic rings. The number of oxazole rings is 1. The molecular weight excluding hydrogens is 328 g/mol. The van der Waals surface area contributed by atoms with Crippen molar-refractivity contribution < 1.29 is 12.8 Å². The van der Waals surface area contributed by atoms with Crippen LogP contribution in [0.3, 0.4) is 0 Å². The number of sulfonamides is 1. The van der Waals surface area contributed by atoms with Gasteiger partial charge in [-0.1, -0.05) is 30.3 Å². The second-order valence-electron chi connectivity index (χ2n) is 5.84. The summed E-state index contributed by atoms with van der Waals surface area (Å²) in [6, 6.07) is 12.9. The van der Waals surface area contributed by atoms with E-state index in [0.717, 1.165) is 28.5 Å². The summed E-state index contributed by atoms with van der Waals surface area (Å²) >= 11 is 0. The molecule has 1 N–H and O–H groups in total. The Bertz CT molecular complexity index is 1050. The zero-order valence-corrected chi connectivity index (χ0v) is 14.4. The molecular formula is C17H18N2O4S. The second-order valence-corrected chi connectivity index (χ2v) is 7.62. The molecule has 1 heterocycles. The van der Waals surface area contributed by atoms with Gasteiger partial charge in [0.05, 0.1) is 11.8 Å². The predicted molar refractivity (Wildman–Crippen MR) is 93.3 cm³/mol. The highest BCUT2D eigenvalue weighted by molar-refractivity contribution is 7.88. The molecule has 0 radical (unpaired) electrons. The first kappa shape index (κ1) is 16.5. The van der Waals surface area contributed by atoms with E-state index in [-0.39, 0.29) is 6.04 Å². The summed E-state index contributed by atoms with van der Waals surface area (Å²) in [5.41, 5.74) is 4.08. The lowest BCUT2D eigenvalue weighted by Gasteiger charge is -2.13. The largest absolute Gasteiger partial charge is 0.419 e. The fourth-order valence-corrected chi connectivity index (χ4v) is 3.44. The molecule has 2 aromatic carbocycles. The normalized spacial score (nSPS) is 13.3. The lowest BCUT2D eigenvalue weighted by Crippen LogP contribution is -2.25. The quantitative estimate of drug-likeness (QED) is 0.786. The van der Waals surface area contributed by atoms with Crippen molar-refractivity contribution in [3.63, 3.8) is 0 Å². The van der Waals surface area contributed by atoms with Gasteiger partial charge in [0, 0.05) is 13.1 Å². The van der Waals surface area contributed by atoms with Crippen LogP contribution in [0.5, 0.6) is 0 Å². The summed E-state index contributed by atoms with van der Waals surface area (Å²) in [6.45, 7) is 1.80. The molecule has 3 rings (SSSR count). The Morgan fingerprint density at radius 3 is 2.33 bits per heavy atom. The molecule has 24 heavy (non-hydrogen) atoms. The maximum absolute atomic E-state index is 11.6. The molecule has 0 fully saturated rings. The Hall–Kier alpha value is -2.38. The highest BCUT2D eigenvalue weighted by atomic mass is 32.2. The Balaban J connectivity index is 1.93. The molecule has 0 aliphatic heterocycles. The number of hydrogen-bond acceptors (Lipinski definition) is 4. The van der Waals surface area contributed by atoms with Crippen LogP contribution < -0.4 is 10.5 Å². The van der Waals surface area contributed by atoms with Crippen molar-refractivity contribution in [3.8, 4) is 11.1 Å². The summed E-state index contributed by atoms with van der Waals surface area (Å²) in [4.78, 5) is 11.6. The van der Waals surface area contributed by atoms with Gasteiger partial charge in [0.1, 0.15) is 0 Å². The zero-order valence-electron chi connectivity index (χ0n) is 13.6. The average Bonchev–Trinajstić information content (AvgIpc) is 2.80. The average molecular weight is 346 g/mol. The van der Waals surface area contributed by atoms with E-state index in [1.54, 1.807) is 20.0 Å². The minimum absolute atomic E-state index is 0.300. The summed E-state index contributed by atoms with van der Waals surface area (Å²) < 4.78 is 31.8. The van der Waals surface area contributed by atoms with Gasteiger partial charge < -0.3 is 4.42 Å². The Kier molecular flexibility index (Phi) is 4.06. The zero-order chi connectivity index (χ0) is 17.5. The van der Waals surface area contributed by atoms with Gasteiger partial charge in [-0.2, -0.15) is 0 Å². The smallest absolute Gasteiger partial charge is 0.408 e. The second kappa shape index (κ2) is 5.92. The van der Waals surface area contributed by atoms with Gasteiger partial charge in [-0.05, 0) is 35.7 Å². The highest BCUT2D eigenvalue weighted by Gasteiger charge is 2.11. The van der Waals surface area contributed by atoms with Gasteiger partial charge in [0.15, 0.2) is 5.58 Å². The number of rotatable bonds is 4. The molecule has 0 aliphatic rings. The van der Waals surface area contributed by atoms with E-state index >= 15 is 0 Å². The van der Waals surface area contributed by atoms with Crippen molar-refractivity contribution in [2.24, 2.45) is 7.05 Å². The number of aryl methyl sites for hydroxylation is 1. The van der Waals surface area contributed by atoms with E-state index < -0.39 is 15.8 Å². The van der Waals surface area contributed by atoms with Crippen molar-refractivity contribution in [1.82, 2.24) is 9.29 Å². The van der Waals surface area contributed by atoms with E-state index in [9.17, 15) is 13.2 Å². The van der Waals surface area contributed by atoms with E-state index in [0.29, 0.717) is 5.58 Å². The van der Waals surface area contributed by atoms with Gasteiger partial charge in [-0.25, -0.2) is 17.9 Å². The summed E-state index contributed by atoms with van der Waals surface area (Å²) in [7, 11) is -1.59. The van der Waals surface area contributed by atoms with Crippen molar-refractivity contribution in [3.05, 3.63) is 58.6 Å². The number of nitrogens with zero attached hydrogens (tertiary/aromatic N) is 1. The third kappa shape index (κ3) is 3.27. The molecule has 0 spiro atoms. The highest BCUT2D eigenvalue weighted by Crippen LogP contribution is 2.25. The van der Waals surface area contributed by atoms with Crippen LogP contribution in [0.1, 0.15) is 18.5 Å². The molecule has 0 unspecified atom stereocenters. The molecule has 0 aliphatic carbocycles. The van der Waals surface area contributed by atoms with Crippen molar-refractivity contribution in [1.29, 1.82) is 0 Å². The van der Waals surface area contributed by atoms with Gasteiger partial charge >= 0.3 is 5.76 Å². The van der Waals surface area contributed by atoms with Crippen LogP contribution in [-0.2, 0) is 17.1 Å². The van der Waals surface area contributed by atoms with Gasteiger partial charge in [-0.15, -0.1) is 0 Å². The number of fused-ring (bicyclic) bond motifs is 1. The monoisotopic (exact) mass is 346 g/mol. The van der Waals surface area contributed by atoms with Crippen LogP contribution in [0, 0.1) is 0 Å². The van der Waals surface area contributed by atoms with Crippen LogP contribution in [0.4, 0.5) is 0 Å². The van der Waals surface area contributed by atoms with Gasteiger partial charge in [-0.3, -0.25) is 4.57 Å². The van der Waals surface area contributed by atoms with Crippen LogP contribution in [0.25, 0.3) is 22.2 Å². The SMILES string of the molecule is C[C@H](NS(C)(=O)=O)c1ccc(-c2ccc3oc(=O)n(C)c3c2)cc1. The standard InChI is InChI=1S/C17H18N2O4S/c1-11(18-24(3,21)22)12-4-6-13(7-5-12)14-8-9-16-15(10-14)19(2)17(20)23-16/h4-11,18H,1-3H3/t11-/m0/s1. The third-order valence-electron chi connectivity index (χ3n) is 3.93. The van der Waals surface area contributed by atoms with Crippen LogP contribution >= 0.6 is 0 Å². The Morgan fingerprint density at radius 2 is 1.71 bits per heavy atom. The van der Waals surface area contributed by atoms with Gasteiger partial charge in [0.25, 0.3) is 0 Å². The predicted octanol–water partition coefficient (Wildman–Crippen LogP) is 2.41. The van der Waals surface area contributed by atoms with E-state index in [2.05, 4.69) is 4.72 Å². The minimum Gasteiger partial charge on any atom is -0.408 e. The topological polar surface area (TPSA) is 81.3 Å². The van der Waals surface area contributed by atoms with Crippen molar-refractivity contribution >= 4 is 21.1 Å². The molecule has 6 nitrogen and oxygen atoms in total. The molecule has 0 bridgehead atoms. The summed E-state index contributed by atoms with van der Waals surface area (Å²) in [5, 5.41) is 0. The first-order chi connectivity index (χ1) is 11.2. The van der Waals surface area contributed by atoms with E-state index in [1.807, 2.05) is 36.4 Å². The fourth-order valence-electron chi connectivity index (χ4n) is 2.66. The van der Waals surface area contributed by atoms with Crippen molar-refractivity contribution in [2.75, 3.05) is 6.26 Å². The Labute approximate surface area is 139 Å². The van der Waals surface area contributed by atoms with Crippen LogP contribution in [0.15, 0.2) is 51.7 Å². The number of nitrogens with one attached hydrogen (secondary N) is 1. The molecule has 0 amide bonds. The molecule has 0 saturated heterocycles. The molecule has 1 atom stereocenters. The fraction of sp³-hybridized carbons (Fsp3) is 0.235. The molecule has 0 saturated carbocycles. The molecule has 1 aromatic heterocycles. The lowest BCUT2D eigenvalue weighted by atomic mass is 10.0. The van der Waals surface area contributed by atoms with Gasteiger partial charge in [0.2, 0.25) is 10.0 Å². The minimum atomic E-state index is -3.25. The summed E-state index contributed by atoms with van der Waals surface area (Å²) in [5.74, 6) is -0.391. The van der Waals surface area contributed by atoms with E-state index in [1.165, 1.54) is 4.57 Å². The maximum Gasteiger partial charge on any atom is 0.419 e. The van der Waals surface area contributed by atoms with E-state index in [4.69, 9.17) is 4.42 Å². The lowest BCUT2D eigenvalue weighted by molar-refractivity contribution is 0.528. The number of hydrogen-bond donors (Lipinski definition) is 1. The third-order valence-corrected chi connectivity index (χ3v) is 4.71. The number of aromatic nitrogens is 1. The first-order valence-corrected chi connectivity index (χ1v) is 9.31. The first-order valence-electron chi connectivity index (χ1n) is 7.42. The van der Waals surface area contributed by atoms with Crippen LogP contribution in [0.2, 0.25) is 0 Å². The van der Waals surface area contributed by atoms with Crippen LogP contribution in [-0.4, -0.2) is 19.2 Å². The molecule has 7 heteroatoms. The Morgan fingerprint density at radius 1 is 1.08 bits per heavy atom. The maximum atomic E-state index is 11.6. The summed E-state index contributed by atoms with van der Waals surface area (Å²) in [6.07, 6.45) is 1.14. The number of benzene rings is 2. The van der Waals surface area contributed by atoms with Crippen molar-refractivity contribution in [2.45, 2.75) is 13.0 Å². The molecule has 126 valence electrons.